The summed E-state index contributed by atoms with van der Waals surface area (Å²) in [5.41, 5.74) is -0.0377. The standard InChI is InChI=1S/C7H13.3CO.Co/c1-5-6-7(2,3)4;3*1-2;/h5-6H,1H2,2-4H3;;;;. The molecule has 0 N–H and O–H groups in total. The van der Waals surface area contributed by atoms with Crippen LogP contribution < -0.4 is 0 Å². The summed E-state index contributed by atoms with van der Waals surface area (Å²) in [6.07, 6.45) is 3.49. The topological polar surface area (TPSA) is 51.2 Å². The quantitative estimate of drug-likeness (QED) is 0.685. The Morgan fingerprint density at radius 3 is 1.79 bits per heavy atom. The van der Waals surface area contributed by atoms with Gasteiger partial charge >= 0.3 is 83.9 Å². The number of carbonyl (C=O) groups excluding carboxylic acids is 3. The van der Waals surface area contributed by atoms with Crippen LogP contribution in [-0.4, -0.2) is 14.5 Å². The molecule has 4 heteroatoms. The Morgan fingerprint density at radius 2 is 1.50 bits per heavy atom. The molecule has 80 valence electrons. The molecule has 0 aromatic rings. The Hall–Kier alpha value is -1.01. The normalized spacial score (nSPS) is 13.1. The third-order valence-electron chi connectivity index (χ3n) is 1.25. The SMILES string of the molecule is CC(C)(C)C=C[CH2][Co](=[C]=O)(=[C]=O)=[C]=O. The zero-order chi connectivity index (χ0) is 11.2. The number of rotatable bonds is 2. The van der Waals surface area contributed by atoms with Gasteiger partial charge in [0.05, 0.1) is 0 Å². The minimum absolute atomic E-state index is 0.0377. The fourth-order valence-electron chi connectivity index (χ4n) is 0.636. The Bertz CT molecular complexity index is 427. The van der Waals surface area contributed by atoms with Gasteiger partial charge in [0, 0.05) is 0 Å². The van der Waals surface area contributed by atoms with E-state index in [0.717, 1.165) is 0 Å². The second-order valence-corrected chi connectivity index (χ2v) is 6.66. The summed E-state index contributed by atoms with van der Waals surface area (Å²) in [6, 6.07) is 0. The average Bonchev–Trinajstić information content (AvgIpc) is 2.11. The number of hydrogen-bond donors (Lipinski definition) is 0. The summed E-state index contributed by atoms with van der Waals surface area (Å²) >= 11 is -3.01. The molecule has 14 heavy (non-hydrogen) atoms. The molecule has 0 unspecified atom stereocenters. The molecular weight excluding hydrogens is 227 g/mol. The molecular formula is C10H13CoO3. The van der Waals surface area contributed by atoms with E-state index in [2.05, 4.69) is 0 Å². The Labute approximate surface area is 84.2 Å². The molecule has 0 radical (unpaired) electrons. The van der Waals surface area contributed by atoms with Gasteiger partial charge in [0.1, 0.15) is 0 Å². The fraction of sp³-hybridized carbons (Fsp3) is 0.500. The van der Waals surface area contributed by atoms with Gasteiger partial charge in [-0.2, -0.15) is 0 Å². The van der Waals surface area contributed by atoms with Gasteiger partial charge in [0.2, 0.25) is 0 Å². The zero-order valence-electron chi connectivity index (χ0n) is 8.42. The fourth-order valence-corrected chi connectivity index (χ4v) is 1.52. The first-order valence-electron chi connectivity index (χ1n) is 3.88. The predicted molar refractivity (Wildman–Crippen MR) is 50.5 cm³/mol. The van der Waals surface area contributed by atoms with Gasteiger partial charge in [-0.1, -0.05) is 0 Å². The molecule has 0 saturated carbocycles. The maximum absolute atomic E-state index is 10.4. The van der Waals surface area contributed by atoms with Crippen molar-refractivity contribution in [1.29, 1.82) is 0 Å². The third-order valence-corrected chi connectivity index (χ3v) is 3.22. The van der Waals surface area contributed by atoms with Crippen LogP contribution in [0.15, 0.2) is 12.2 Å². The van der Waals surface area contributed by atoms with E-state index in [9.17, 15) is 14.4 Å². The Kier molecular flexibility index (Phi) is 4.65. The molecule has 3 nitrogen and oxygen atoms in total. The van der Waals surface area contributed by atoms with Crippen molar-refractivity contribution in [3.63, 3.8) is 0 Å². The molecule has 0 aliphatic rings. The molecule has 0 saturated heterocycles. The van der Waals surface area contributed by atoms with Gasteiger partial charge in [0.15, 0.2) is 0 Å². The van der Waals surface area contributed by atoms with Gasteiger partial charge in [-0.3, -0.25) is 0 Å². The molecule has 0 spiro atoms. The average molecular weight is 240 g/mol. The van der Waals surface area contributed by atoms with Gasteiger partial charge in [-0.15, -0.1) is 0 Å². The molecule has 0 amide bonds. The molecule has 0 aliphatic carbocycles. The van der Waals surface area contributed by atoms with E-state index in [1.807, 2.05) is 26.8 Å². The van der Waals surface area contributed by atoms with Crippen LogP contribution in [0, 0.1) is 5.41 Å². The molecule has 0 heterocycles. The Balaban J connectivity index is 5.12. The summed E-state index contributed by atoms with van der Waals surface area (Å²) in [6.45, 7) is 5.93. The zero-order valence-corrected chi connectivity index (χ0v) is 9.46. The summed E-state index contributed by atoms with van der Waals surface area (Å²) in [5, 5.41) is 0.0824. The van der Waals surface area contributed by atoms with Crippen LogP contribution in [0.25, 0.3) is 0 Å². The van der Waals surface area contributed by atoms with E-state index in [1.54, 1.807) is 6.08 Å². The summed E-state index contributed by atoms with van der Waals surface area (Å²) in [7, 11) is 0. The van der Waals surface area contributed by atoms with Crippen LogP contribution in [0.5, 0.6) is 0 Å². The van der Waals surface area contributed by atoms with E-state index >= 15 is 0 Å². The van der Waals surface area contributed by atoms with Gasteiger partial charge in [-0.25, -0.2) is 0 Å². The second-order valence-electron chi connectivity index (χ2n) is 3.71. The van der Waals surface area contributed by atoms with E-state index in [0.29, 0.717) is 0 Å². The van der Waals surface area contributed by atoms with E-state index in [-0.39, 0.29) is 10.8 Å². The van der Waals surface area contributed by atoms with E-state index < -0.39 is 11.3 Å². The molecule has 0 bridgehead atoms. The summed E-state index contributed by atoms with van der Waals surface area (Å²) in [4.78, 5) is 35.6. The molecule has 0 atom stereocenters. The van der Waals surface area contributed by atoms with E-state index in [4.69, 9.17) is 0 Å². The molecule has 0 aromatic heterocycles. The van der Waals surface area contributed by atoms with Crippen molar-refractivity contribution in [2.45, 2.75) is 26.1 Å². The minimum atomic E-state index is -3.01. The van der Waals surface area contributed by atoms with Crippen LogP contribution in [0.1, 0.15) is 20.8 Å². The van der Waals surface area contributed by atoms with Crippen LogP contribution in [0.3, 0.4) is 0 Å². The monoisotopic (exact) mass is 240 g/mol. The first-order valence-corrected chi connectivity index (χ1v) is 6.18. The van der Waals surface area contributed by atoms with Crippen molar-refractivity contribution in [2.24, 2.45) is 5.41 Å². The van der Waals surface area contributed by atoms with Crippen molar-refractivity contribution in [3.05, 3.63) is 12.2 Å². The maximum atomic E-state index is 10.4. The van der Waals surface area contributed by atoms with Gasteiger partial charge in [-0.05, 0) is 0 Å². The van der Waals surface area contributed by atoms with Crippen molar-refractivity contribution in [1.82, 2.24) is 0 Å². The van der Waals surface area contributed by atoms with Crippen LogP contribution in [-0.2, 0) is 25.7 Å². The van der Waals surface area contributed by atoms with Crippen molar-refractivity contribution in [3.8, 4) is 0 Å². The van der Waals surface area contributed by atoms with Gasteiger partial charge < -0.3 is 0 Å². The van der Waals surface area contributed by atoms with Crippen molar-refractivity contribution in [2.75, 3.05) is 0 Å². The number of hydrogen-bond acceptors (Lipinski definition) is 3. The van der Waals surface area contributed by atoms with Gasteiger partial charge in [0.25, 0.3) is 0 Å². The second kappa shape index (κ2) is 5.01. The van der Waals surface area contributed by atoms with Crippen LogP contribution in [0.4, 0.5) is 0 Å². The van der Waals surface area contributed by atoms with E-state index in [1.165, 1.54) is 14.5 Å². The van der Waals surface area contributed by atoms with Crippen LogP contribution >= 0.6 is 0 Å². The summed E-state index contributed by atoms with van der Waals surface area (Å²) < 4.78 is 0. The number of allylic oxidation sites excluding steroid dienone is 2. The third kappa shape index (κ3) is 4.29. The van der Waals surface area contributed by atoms with Crippen molar-refractivity contribution >= 4 is 14.5 Å². The molecule has 0 fully saturated rings. The van der Waals surface area contributed by atoms with Crippen LogP contribution in [0.2, 0.25) is 5.36 Å². The molecule has 0 rings (SSSR count). The first kappa shape index (κ1) is 13.0. The molecule has 0 aliphatic heterocycles. The summed E-state index contributed by atoms with van der Waals surface area (Å²) in [5.74, 6) is 0. The predicted octanol–water partition coefficient (Wildman–Crippen LogP) is 1.36. The first-order chi connectivity index (χ1) is 6.39. The van der Waals surface area contributed by atoms with Crippen molar-refractivity contribution < 1.29 is 25.7 Å². The molecule has 0 aromatic carbocycles. The Morgan fingerprint density at radius 1 is 1.07 bits per heavy atom.